The first kappa shape index (κ1) is 13.6. The third-order valence-corrected chi connectivity index (χ3v) is 2.80. The Bertz CT molecular complexity index is 676. The Hall–Kier alpha value is -2.83. The van der Waals surface area contributed by atoms with E-state index >= 15 is 0 Å². The minimum atomic E-state index is -1.46. The van der Waals surface area contributed by atoms with Gasteiger partial charge in [0.15, 0.2) is 0 Å². The second kappa shape index (κ2) is 5.43. The molecule has 2 aromatic rings. The summed E-state index contributed by atoms with van der Waals surface area (Å²) in [6.45, 7) is 0. The molecule has 0 fully saturated rings. The van der Waals surface area contributed by atoms with E-state index in [1.807, 2.05) is 6.07 Å². The third-order valence-electron chi connectivity index (χ3n) is 2.80. The molecule has 1 unspecified atom stereocenters. The van der Waals surface area contributed by atoms with Gasteiger partial charge in [-0.1, -0.05) is 6.07 Å². The predicted molar refractivity (Wildman–Crippen MR) is 69.4 cm³/mol. The van der Waals surface area contributed by atoms with E-state index in [4.69, 9.17) is 10.2 Å². The van der Waals surface area contributed by atoms with Gasteiger partial charge in [-0.2, -0.15) is 0 Å². The molecule has 0 aliphatic carbocycles. The summed E-state index contributed by atoms with van der Waals surface area (Å²) in [6.07, 6.45) is 1.04. The molecule has 0 saturated carbocycles. The Morgan fingerprint density at radius 2 is 1.95 bits per heavy atom. The molecule has 7 heteroatoms. The molecule has 0 radical (unpaired) electrons. The molecule has 1 aromatic carbocycles. The van der Waals surface area contributed by atoms with E-state index in [9.17, 15) is 14.4 Å². The van der Waals surface area contributed by atoms with Gasteiger partial charge in [0.25, 0.3) is 5.91 Å². The molecule has 20 heavy (non-hydrogen) atoms. The first-order valence-corrected chi connectivity index (χ1v) is 5.80. The molecule has 0 aliphatic heterocycles. The lowest BCUT2D eigenvalue weighted by Gasteiger charge is -2.12. The molecule has 4 N–H and O–H groups in total. The highest BCUT2D eigenvalue weighted by molar-refractivity contribution is 6.00. The maximum Gasteiger partial charge on any atom is 0.326 e. The molecular weight excluding hydrogens is 264 g/mol. The lowest BCUT2D eigenvalue weighted by molar-refractivity contribution is -0.145. The molecule has 7 nitrogen and oxygen atoms in total. The summed E-state index contributed by atoms with van der Waals surface area (Å²) in [5.41, 5.74) is 0.999. The fourth-order valence-electron chi connectivity index (χ4n) is 1.81. The topological polar surface area (TPSA) is 119 Å². The molecule has 0 spiro atoms. The number of carbonyl (C=O) groups excluding carboxylic acids is 1. The van der Waals surface area contributed by atoms with Crippen molar-refractivity contribution in [1.82, 2.24) is 10.3 Å². The number of carboxylic acids is 2. The molecule has 0 bridgehead atoms. The van der Waals surface area contributed by atoms with E-state index in [0.29, 0.717) is 0 Å². The Balaban J connectivity index is 2.17. The second-order valence-electron chi connectivity index (χ2n) is 4.24. The molecular formula is C13H12N2O5. The highest BCUT2D eigenvalue weighted by atomic mass is 16.4. The van der Waals surface area contributed by atoms with Crippen molar-refractivity contribution in [3.8, 4) is 0 Å². The van der Waals surface area contributed by atoms with Crippen molar-refractivity contribution in [2.24, 2.45) is 0 Å². The Morgan fingerprint density at radius 1 is 1.20 bits per heavy atom. The highest BCUT2D eigenvalue weighted by Crippen LogP contribution is 2.14. The molecule has 1 aromatic heterocycles. The van der Waals surface area contributed by atoms with Crippen molar-refractivity contribution >= 4 is 28.7 Å². The van der Waals surface area contributed by atoms with Gasteiger partial charge in [0.2, 0.25) is 0 Å². The van der Waals surface area contributed by atoms with Gasteiger partial charge in [-0.25, -0.2) is 4.79 Å². The van der Waals surface area contributed by atoms with Crippen LogP contribution < -0.4 is 5.32 Å². The molecule has 0 aliphatic rings. The third kappa shape index (κ3) is 2.94. The number of rotatable bonds is 5. The molecule has 0 saturated heterocycles. The van der Waals surface area contributed by atoms with Gasteiger partial charge >= 0.3 is 11.9 Å². The van der Waals surface area contributed by atoms with Crippen LogP contribution >= 0.6 is 0 Å². The van der Waals surface area contributed by atoms with Crippen molar-refractivity contribution in [3.63, 3.8) is 0 Å². The summed E-state index contributed by atoms with van der Waals surface area (Å²) in [7, 11) is 0. The fourth-order valence-corrected chi connectivity index (χ4v) is 1.81. The maximum atomic E-state index is 11.9. The van der Waals surface area contributed by atoms with Gasteiger partial charge in [0.05, 0.1) is 6.42 Å². The average molecular weight is 276 g/mol. The smallest absolute Gasteiger partial charge is 0.326 e. The average Bonchev–Trinajstić information content (AvgIpc) is 2.84. The van der Waals surface area contributed by atoms with Crippen molar-refractivity contribution in [2.75, 3.05) is 0 Å². The van der Waals surface area contributed by atoms with E-state index in [2.05, 4.69) is 10.3 Å². The van der Waals surface area contributed by atoms with Gasteiger partial charge in [0, 0.05) is 17.3 Å². The standard InChI is InChI=1S/C13H12N2O5/c16-11(17)6-10(13(19)20)15-12(18)8-2-1-7-3-4-14-9(7)5-8/h1-5,10,14H,6H2,(H,15,18)(H,16,17)(H,19,20). The number of aliphatic carboxylic acids is 2. The predicted octanol–water partition coefficient (Wildman–Crippen LogP) is 0.826. The number of benzene rings is 1. The molecule has 1 amide bonds. The van der Waals surface area contributed by atoms with Gasteiger partial charge in [-0.15, -0.1) is 0 Å². The fraction of sp³-hybridized carbons (Fsp3) is 0.154. The molecule has 104 valence electrons. The van der Waals surface area contributed by atoms with Crippen LogP contribution in [0.2, 0.25) is 0 Å². The van der Waals surface area contributed by atoms with Crippen molar-refractivity contribution in [3.05, 3.63) is 36.0 Å². The summed E-state index contributed by atoms with van der Waals surface area (Å²) >= 11 is 0. The lowest BCUT2D eigenvalue weighted by atomic mass is 10.1. The van der Waals surface area contributed by atoms with Crippen LogP contribution in [0.4, 0.5) is 0 Å². The van der Waals surface area contributed by atoms with Crippen LogP contribution in [0.15, 0.2) is 30.5 Å². The number of hydrogen-bond acceptors (Lipinski definition) is 3. The highest BCUT2D eigenvalue weighted by Gasteiger charge is 2.23. The monoisotopic (exact) mass is 276 g/mol. The van der Waals surface area contributed by atoms with E-state index in [1.54, 1.807) is 24.4 Å². The first-order valence-electron chi connectivity index (χ1n) is 5.80. The van der Waals surface area contributed by atoms with E-state index in [0.717, 1.165) is 10.9 Å². The minimum absolute atomic E-state index is 0.261. The zero-order valence-electron chi connectivity index (χ0n) is 10.3. The van der Waals surface area contributed by atoms with Crippen LogP contribution in [0.3, 0.4) is 0 Å². The van der Waals surface area contributed by atoms with Crippen molar-refractivity contribution in [1.29, 1.82) is 0 Å². The van der Waals surface area contributed by atoms with Gasteiger partial charge in [0.1, 0.15) is 6.04 Å². The molecule has 1 heterocycles. The summed E-state index contributed by atoms with van der Waals surface area (Å²) in [5, 5.41) is 20.6. The number of carboxylic acid groups (broad SMARTS) is 2. The number of fused-ring (bicyclic) bond motifs is 1. The lowest BCUT2D eigenvalue weighted by Crippen LogP contribution is -2.42. The van der Waals surface area contributed by atoms with E-state index in [-0.39, 0.29) is 5.56 Å². The number of H-pyrrole nitrogens is 1. The van der Waals surface area contributed by atoms with E-state index < -0.39 is 30.3 Å². The van der Waals surface area contributed by atoms with Crippen LogP contribution in [0, 0.1) is 0 Å². The van der Waals surface area contributed by atoms with Gasteiger partial charge < -0.3 is 20.5 Å². The summed E-state index contributed by atoms with van der Waals surface area (Å²) in [4.78, 5) is 36.3. The normalized spacial score (nSPS) is 12.0. The van der Waals surface area contributed by atoms with E-state index in [1.165, 1.54) is 0 Å². The van der Waals surface area contributed by atoms with Crippen LogP contribution in [-0.4, -0.2) is 39.1 Å². The Labute approximate surface area is 113 Å². The van der Waals surface area contributed by atoms with Crippen LogP contribution in [0.1, 0.15) is 16.8 Å². The second-order valence-corrected chi connectivity index (χ2v) is 4.24. The van der Waals surface area contributed by atoms with Crippen LogP contribution in [0.5, 0.6) is 0 Å². The van der Waals surface area contributed by atoms with Gasteiger partial charge in [-0.05, 0) is 23.6 Å². The number of nitrogens with one attached hydrogen (secondary N) is 2. The minimum Gasteiger partial charge on any atom is -0.481 e. The summed E-state index contributed by atoms with van der Waals surface area (Å²) in [5.74, 6) is -3.31. The first-order chi connectivity index (χ1) is 9.47. The van der Waals surface area contributed by atoms with Gasteiger partial charge in [-0.3, -0.25) is 9.59 Å². The zero-order valence-corrected chi connectivity index (χ0v) is 10.3. The van der Waals surface area contributed by atoms with Crippen molar-refractivity contribution in [2.45, 2.75) is 12.5 Å². The maximum absolute atomic E-state index is 11.9. The summed E-state index contributed by atoms with van der Waals surface area (Å²) < 4.78 is 0. The summed E-state index contributed by atoms with van der Waals surface area (Å²) in [6, 6.07) is 5.21. The number of aromatic amines is 1. The Kier molecular flexibility index (Phi) is 3.69. The quantitative estimate of drug-likeness (QED) is 0.644. The SMILES string of the molecule is O=C(O)CC(NC(=O)c1ccc2cc[nH]c2c1)C(=O)O. The number of carbonyl (C=O) groups is 3. The van der Waals surface area contributed by atoms with Crippen LogP contribution in [-0.2, 0) is 9.59 Å². The Morgan fingerprint density at radius 3 is 2.60 bits per heavy atom. The number of amides is 1. The molecule has 1 atom stereocenters. The van der Waals surface area contributed by atoms with Crippen molar-refractivity contribution < 1.29 is 24.6 Å². The zero-order chi connectivity index (χ0) is 14.7. The number of aromatic nitrogens is 1. The largest absolute Gasteiger partial charge is 0.481 e. The number of hydrogen-bond donors (Lipinski definition) is 4. The molecule has 2 rings (SSSR count). The van der Waals surface area contributed by atoms with Crippen LogP contribution in [0.25, 0.3) is 10.9 Å².